The lowest BCUT2D eigenvalue weighted by atomic mass is 9.91. The van der Waals surface area contributed by atoms with Crippen molar-refractivity contribution in [3.05, 3.63) is 54.4 Å². The number of amides is 1. The number of anilines is 1. The number of fused-ring (bicyclic) bond motifs is 2. The van der Waals surface area contributed by atoms with Gasteiger partial charge < -0.3 is 15.6 Å². The first-order valence-corrected chi connectivity index (χ1v) is 10.3. The van der Waals surface area contributed by atoms with E-state index in [9.17, 15) is 18.0 Å². The summed E-state index contributed by atoms with van der Waals surface area (Å²) >= 11 is 0. The van der Waals surface area contributed by atoms with E-state index in [-0.39, 0.29) is 23.6 Å². The Kier molecular flexibility index (Phi) is 4.95. The van der Waals surface area contributed by atoms with Gasteiger partial charge in [0.05, 0.1) is 5.39 Å². The van der Waals surface area contributed by atoms with Gasteiger partial charge in [0.2, 0.25) is 0 Å². The summed E-state index contributed by atoms with van der Waals surface area (Å²) in [5, 5.41) is 7.05. The second-order valence-corrected chi connectivity index (χ2v) is 7.89. The van der Waals surface area contributed by atoms with Gasteiger partial charge in [-0.25, -0.2) is 15.0 Å². The summed E-state index contributed by atoms with van der Waals surface area (Å²) in [5.74, 6) is 0.324. The highest BCUT2D eigenvalue weighted by molar-refractivity contribution is 6.03. The van der Waals surface area contributed by atoms with E-state index < -0.39 is 11.9 Å². The van der Waals surface area contributed by atoms with Crippen LogP contribution in [0.1, 0.15) is 41.9 Å². The quantitative estimate of drug-likeness (QED) is 0.446. The van der Waals surface area contributed by atoms with Gasteiger partial charge in [-0.3, -0.25) is 9.20 Å². The molecule has 0 saturated heterocycles. The molecule has 8 nitrogen and oxygen atoms in total. The van der Waals surface area contributed by atoms with Crippen molar-refractivity contribution in [1.82, 2.24) is 29.7 Å². The minimum Gasteiger partial charge on any atom is -0.368 e. The summed E-state index contributed by atoms with van der Waals surface area (Å²) < 4.78 is 40.5. The number of H-pyrrole nitrogens is 1. The minimum absolute atomic E-state index is 0.00498. The number of carbonyl (C=O) groups excluding carboxylic acids is 1. The summed E-state index contributed by atoms with van der Waals surface area (Å²) in [4.78, 5) is 27.5. The third kappa shape index (κ3) is 3.85. The Balaban J connectivity index is 1.22. The van der Waals surface area contributed by atoms with Gasteiger partial charge in [-0.1, -0.05) is 6.07 Å². The van der Waals surface area contributed by atoms with Gasteiger partial charge in [0, 0.05) is 24.5 Å². The molecule has 0 aromatic carbocycles. The number of alkyl halides is 3. The van der Waals surface area contributed by atoms with E-state index in [0.29, 0.717) is 22.5 Å². The number of hydrogen-bond acceptors (Lipinski definition) is 5. The van der Waals surface area contributed by atoms with Gasteiger partial charge in [-0.05, 0) is 43.9 Å². The number of aromatic nitrogens is 5. The second-order valence-electron chi connectivity index (χ2n) is 7.89. The monoisotopic (exact) mass is 443 g/mol. The Hall–Kier alpha value is -3.63. The maximum Gasteiger partial charge on any atom is 0.434 e. The first-order chi connectivity index (χ1) is 15.4. The fourth-order valence-corrected chi connectivity index (χ4v) is 4.16. The topological polar surface area (TPSA) is 100 Å². The Morgan fingerprint density at radius 2 is 1.88 bits per heavy atom. The van der Waals surface area contributed by atoms with Crippen LogP contribution in [0.3, 0.4) is 0 Å². The van der Waals surface area contributed by atoms with Crippen molar-refractivity contribution >= 4 is 28.4 Å². The second kappa shape index (κ2) is 7.81. The molecule has 32 heavy (non-hydrogen) atoms. The minimum atomic E-state index is -4.49. The summed E-state index contributed by atoms with van der Waals surface area (Å²) in [5.41, 5.74) is 0.271. The van der Waals surface area contributed by atoms with Gasteiger partial charge in [0.15, 0.2) is 5.69 Å². The fraction of sp³-hybridized carbons (Fsp3) is 0.333. The molecule has 0 radical (unpaired) electrons. The number of carbonyl (C=O) groups is 1. The number of pyridine rings is 1. The number of rotatable bonds is 4. The average molecular weight is 443 g/mol. The first kappa shape index (κ1) is 20.3. The van der Waals surface area contributed by atoms with Crippen molar-refractivity contribution in [2.45, 2.75) is 43.9 Å². The number of nitrogens with one attached hydrogen (secondary N) is 3. The van der Waals surface area contributed by atoms with Gasteiger partial charge in [-0.15, -0.1) is 0 Å². The van der Waals surface area contributed by atoms with Crippen LogP contribution in [0.4, 0.5) is 19.0 Å². The molecule has 3 N–H and O–H groups in total. The van der Waals surface area contributed by atoms with Crippen LogP contribution in [0, 0.1) is 0 Å². The SMILES string of the molecule is O=C(N[C@H]1CC[C@@H](Nc2cccc3nc(C(F)(F)F)cn23)CC1)c1ncnc2[nH]ccc12. The molecule has 4 aromatic heterocycles. The zero-order chi connectivity index (χ0) is 22.3. The molecular weight excluding hydrogens is 423 g/mol. The number of nitrogens with zero attached hydrogens (tertiary/aromatic N) is 4. The molecule has 1 aliphatic rings. The van der Waals surface area contributed by atoms with Crippen LogP contribution >= 0.6 is 0 Å². The third-order valence-corrected chi connectivity index (χ3v) is 5.77. The van der Waals surface area contributed by atoms with E-state index in [1.165, 1.54) is 10.7 Å². The molecule has 4 heterocycles. The molecule has 5 rings (SSSR count). The predicted octanol–water partition coefficient (Wildman–Crippen LogP) is 3.78. The van der Waals surface area contributed by atoms with E-state index in [1.54, 1.807) is 30.5 Å². The molecule has 0 aliphatic heterocycles. The van der Waals surface area contributed by atoms with Gasteiger partial charge in [-0.2, -0.15) is 13.2 Å². The highest BCUT2D eigenvalue weighted by Gasteiger charge is 2.34. The van der Waals surface area contributed by atoms with E-state index >= 15 is 0 Å². The Labute approximate surface area is 180 Å². The predicted molar refractivity (Wildman–Crippen MR) is 111 cm³/mol. The number of aromatic amines is 1. The van der Waals surface area contributed by atoms with Crippen LogP contribution in [-0.4, -0.2) is 42.3 Å². The lowest BCUT2D eigenvalue weighted by Gasteiger charge is -2.30. The molecule has 11 heteroatoms. The zero-order valence-corrected chi connectivity index (χ0v) is 16.9. The van der Waals surface area contributed by atoms with E-state index in [4.69, 9.17) is 0 Å². The highest BCUT2D eigenvalue weighted by atomic mass is 19.4. The molecule has 0 unspecified atom stereocenters. The van der Waals surface area contributed by atoms with Gasteiger partial charge >= 0.3 is 6.18 Å². The molecule has 1 fully saturated rings. The summed E-state index contributed by atoms with van der Waals surface area (Å²) in [7, 11) is 0. The van der Waals surface area contributed by atoms with Crippen LogP contribution in [0.5, 0.6) is 0 Å². The van der Waals surface area contributed by atoms with Crippen LogP contribution in [0.15, 0.2) is 43.0 Å². The summed E-state index contributed by atoms with van der Waals surface area (Å²) in [6.07, 6.45) is 2.62. The number of imidazole rings is 1. The van der Waals surface area contributed by atoms with E-state index in [2.05, 4.69) is 30.6 Å². The molecule has 0 spiro atoms. The van der Waals surface area contributed by atoms with Crippen molar-refractivity contribution in [3.63, 3.8) is 0 Å². The largest absolute Gasteiger partial charge is 0.434 e. The molecule has 0 atom stereocenters. The maximum absolute atomic E-state index is 13.0. The molecule has 166 valence electrons. The average Bonchev–Trinajstić information content (AvgIpc) is 3.42. The van der Waals surface area contributed by atoms with Crippen molar-refractivity contribution in [2.24, 2.45) is 0 Å². The van der Waals surface area contributed by atoms with Crippen LogP contribution in [0.25, 0.3) is 16.7 Å². The fourth-order valence-electron chi connectivity index (χ4n) is 4.16. The molecular formula is C21H20F3N7O. The van der Waals surface area contributed by atoms with Gasteiger partial charge in [0.25, 0.3) is 5.91 Å². The lowest BCUT2D eigenvalue weighted by Crippen LogP contribution is -2.40. The van der Waals surface area contributed by atoms with Crippen LogP contribution in [-0.2, 0) is 6.18 Å². The Bertz CT molecular complexity index is 1270. The van der Waals surface area contributed by atoms with E-state index in [0.717, 1.165) is 31.9 Å². The summed E-state index contributed by atoms with van der Waals surface area (Å²) in [6.45, 7) is 0. The van der Waals surface area contributed by atoms with E-state index in [1.807, 2.05) is 0 Å². The number of halogens is 3. The van der Waals surface area contributed by atoms with Crippen molar-refractivity contribution in [2.75, 3.05) is 5.32 Å². The Morgan fingerprint density at radius 3 is 2.66 bits per heavy atom. The molecule has 4 aromatic rings. The van der Waals surface area contributed by atoms with Crippen LogP contribution < -0.4 is 10.6 Å². The van der Waals surface area contributed by atoms with Crippen molar-refractivity contribution < 1.29 is 18.0 Å². The van der Waals surface area contributed by atoms with Crippen molar-refractivity contribution in [3.8, 4) is 0 Å². The maximum atomic E-state index is 13.0. The molecule has 0 bridgehead atoms. The van der Waals surface area contributed by atoms with Gasteiger partial charge in [0.1, 0.15) is 29.1 Å². The molecule has 1 amide bonds. The van der Waals surface area contributed by atoms with Crippen molar-refractivity contribution in [1.29, 1.82) is 0 Å². The third-order valence-electron chi connectivity index (χ3n) is 5.77. The highest BCUT2D eigenvalue weighted by Crippen LogP contribution is 2.30. The molecule has 1 aliphatic carbocycles. The normalized spacial score (nSPS) is 19.3. The standard InChI is InChI=1S/C21H20F3N7O/c22-21(23,24)15-10-31-16(2-1-3-17(31)30-15)28-12-4-6-13(7-5-12)29-20(32)18-14-8-9-25-19(14)27-11-26-18/h1-3,8-13,28H,4-7H2,(H,29,32)(H,25,26,27)/t12-,13+. The lowest BCUT2D eigenvalue weighted by molar-refractivity contribution is -0.140. The smallest absolute Gasteiger partial charge is 0.368 e. The van der Waals surface area contributed by atoms with Crippen LogP contribution in [0.2, 0.25) is 0 Å². The zero-order valence-electron chi connectivity index (χ0n) is 16.9. The first-order valence-electron chi connectivity index (χ1n) is 10.3. The number of hydrogen-bond donors (Lipinski definition) is 3. The Morgan fingerprint density at radius 1 is 1.09 bits per heavy atom. The summed E-state index contributed by atoms with van der Waals surface area (Å²) in [6, 6.07) is 6.82. The molecule has 1 saturated carbocycles.